The molecule has 2 aromatic carbocycles. The molecule has 1 amide bonds. The Morgan fingerprint density at radius 2 is 1.76 bits per heavy atom. The molecule has 2 heterocycles. The summed E-state index contributed by atoms with van der Waals surface area (Å²) in [5.74, 6) is -0.413. The minimum absolute atomic E-state index is 0.0163. The minimum atomic E-state index is -4.61. The summed E-state index contributed by atoms with van der Waals surface area (Å²) in [6.45, 7) is 7.80. The Bertz CT molecular complexity index is 2090. The second-order valence-electron chi connectivity index (χ2n) is 12.3. The number of hydrogen-bond acceptors (Lipinski definition) is 10. The molecule has 4 N–H and O–H groups in total. The zero-order valence-corrected chi connectivity index (χ0v) is 30.8. The molecule has 0 fully saturated rings. The number of nitrogens with zero attached hydrogens (tertiary/aromatic N) is 2. The van der Waals surface area contributed by atoms with Gasteiger partial charge in [-0.2, -0.15) is 34.0 Å². The second-order valence-corrected chi connectivity index (χ2v) is 15.7. The fourth-order valence-electron chi connectivity index (χ4n) is 6.38. The van der Waals surface area contributed by atoms with Crippen LogP contribution in [0.4, 0.5) is 11.4 Å². The number of nitrogens with one attached hydrogen (secondary N) is 1. The van der Waals surface area contributed by atoms with Gasteiger partial charge in [0.2, 0.25) is 11.6 Å². The highest BCUT2D eigenvalue weighted by Gasteiger charge is 2.48. The molecule has 0 aliphatic carbocycles. The molecule has 0 saturated heterocycles. The number of hydrogen-bond donors (Lipinski definition) is 5. The van der Waals surface area contributed by atoms with E-state index >= 15 is 0 Å². The van der Waals surface area contributed by atoms with E-state index in [0.29, 0.717) is 53.9 Å². The highest BCUT2D eigenvalue weighted by molar-refractivity contribution is 7.86. The maximum atomic E-state index is 13.3. The quantitative estimate of drug-likeness (QED) is 0.0427. The summed E-state index contributed by atoms with van der Waals surface area (Å²) in [6, 6.07) is 9.23. The first kappa shape index (κ1) is 39.1. The Kier molecular flexibility index (Phi) is 12.6. The fraction of sp³-hybridized carbons (Fsp3) is 0.441. The molecule has 50 heavy (non-hydrogen) atoms. The summed E-state index contributed by atoms with van der Waals surface area (Å²) < 4.78 is 74.3. The summed E-state index contributed by atoms with van der Waals surface area (Å²) in [7, 11) is -8.91. The van der Waals surface area contributed by atoms with Gasteiger partial charge in [0.25, 0.3) is 20.2 Å². The Labute approximate surface area is 297 Å². The van der Waals surface area contributed by atoms with Crippen LogP contribution >= 0.6 is 12.6 Å². The summed E-state index contributed by atoms with van der Waals surface area (Å²) in [4.78, 5) is 27.5. The monoisotopic (exact) mass is 750 g/mol. The number of aromatic hydroxyl groups is 1. The molecule has 1 aliphatic heterocycles. The molecule has 0 spiro atoms. The Morgan fingerprint density at radius 3 is 2.40 bits per heavy atom. The molecule has 4 rings (SSSR count). The predicted octanol–water partition coefficient (Wildman–Crippen LogP) is 4.55. The standard InChI is InChI=1S/C34H43N3O10S3/c1-4-36(5-2)23-10-12-25-29(21-23)47-33(40)26(32(25)39)13-15-30-34(3,16-6-9-31(38)35-17-7-19-48)27-22-24(50(44,45)46)11-14-28(27)37(30)18-8-20-49(41,42)43/h10-15,21-22H,4-9,16-20H2,1-3H3,(H4,35,38,41,42,43,44,45,46,48)/p+1. The van der Waals surface area contributed by atoms with E-state index in [1.54, 1.807) is 22.8 Å². The van der Waals surface area contributed by atoms with Crippen LogP contribution in [0, 0.1) is 0 Å². The smallest absolute Gasteiger partial charge is 0.347 e. The van der Waals surface area contributed by atoms with Crippen molar-refractivity contribution < 1.29 is 44.8 Å². The van der Waals surface area contributed by atoms with Crippen molar-refractivity contribution in [3.05, 3.63) is 64.0 Å². The topological polar surface area (TPSA) is 195 Å². The number of benzene rings is 2. The molecular formula is C34H44N3O10S3+. The Morgan fingerprint density at radius 1 is 1.04 bits per heavy atom. The lowest BCUT2D eigenvalue weighted by molar-refractivity contribution is -0.437. The van der Waals surface area contributed by atoms with Crippen LogP contribution in [0.5, 0.6) is 5.75 Å². The zero-order valence-electron chi connectivity index (χ0n) is 28.3. The van der Waals surface area contributed by atoms with E-state index in [1.165, 1.54) is 24.3 Å². The minimum Gasteiger partial charge on any atom is -0.506 e. The van der Waals surface area contributed by atoms with Crippen LogP contribution in [0.15, 0.2) is 56.6 Å². The van der Waals surface area contributed by atoms with Crippen LogP contribution in [-0.2, 0) is 30.4 Å². The summed E-state index contributed by atoms with van der Waals surface area (Å²) in [6.07, 6.45) is 4.46. The zero-order chi connectivity index (χ0) is 36.9. The second kappa shape index (κ2) is 16.1. The van der Waals surface area contributed by atoms with Gasteiger partial charge in [-0.15, -0.1) is 0 Å². The van der Waals surface area contributed by atoms with Crippen molar-refractivity contribution in [3.8, 4) is 5.75 Å². The Hall–Kier alpha value is -3.70. The van der Waals surface area contributed by atoms with Crippen LogP contribution in [0.2, 0.25) is 0 Å². The maximum Gasteiger partial charge on any atom is 0.347 e. The third-order valence-electron chi connectivity index (χ3n) is 8.96. The van der Waals surface area contributed by atoms with Gasteiger partial charge >= 0.3 is 5.63 Å². The van der Waals surface area contributed by atoms with Crippen LogP contribution in [0.1, 0.15) is 64.0 Å². The van der Waals surface area contributed by atoms with E-state index in [9.17, 15) is 40.6 Å². The Balaban J connectivity index is 1.84. The van der Waals surface area contributed by atoms with Gasteiger partial charge < -0.3 is 19.7 Å². The van der Waals surface area contributed by atoms with Crippen molar-refractivity contribution in [3.63, 3.8) is 0 Å². The molecule has 272 valence electrons. The van der Waals surface area contributed by atoms with Gasteiger partial charge in [-0.25, -0.2) is 4.79 Å². The number of carbonyl (C=O) groups excluding carboxylic acids is 1. The SMILES string of the molecule is CCN(CC)c1ccc2c(O)c(/C=C/C3=[N+](CCCS(=O)(=O)O)c4ccc(S(=O)(=O)O)cc4C3(C)CCCC(=O)NCCCS)c(=O)oc2c1. The first-order chi connectivity index (χ1) is 23.5. The van der Waals surface area contributed by atoms with E-state index < -0.39 is 37.0 Å². The molecule has 1 atom stereocenters. The van der Waals surface area contributed by atoms with Gasteiger partial charge in [-0.1, -0.05) is 0 Å². The van der Waals surface area contributed by atoms with E-state index in [1.807, 2.05) is 26.8 Å². The fourth-order valence-corrected chi connectivity index (χ4v) is 7.54. The van der Waals surface area contributed by atoms with Crippen LogP contribution < -0.4 is 15.8 Å². The average molecular weight is 751 g/mol. The summed E-state index contributed by atoms with van der Waals surface area (Å²) in [5.41, 5.74) is 0.549. The first-order valence-corrected chi connectivity index (χ1v) is 20.0. The number of thiol groups is 1. The van der Waals surface area contributed by atoms with Gasteiger partial charge in [0, 0.05) is 61.9 Å². The van der Waals surface area contributed by atoms with Crippen molar-refractivity contribution in [2.24, 2.45) is 0 Å². The van der Waals surface area contributed by atoms with Crippen molar-refractivity contribution in [1.29, 1.82) is 0 Å². The molecule has 1 aliphatic rings. The van der Waals surface area contributed by atoms with Gasteiger partial charge in [0.15, 0.2) is 5.71 Å². The van der Waals surface area contributed by atoms with Crippen LogP contribution in [0.3, 0.4) is 0 Å². The molecule has 0 saturated carbocycles. The predicted molar refractivity (Wildman–Crippen MR) is 197 cm³/mol. The number of fused-ring (bicyclic) bond motifs is 2. The van der Waals surface area contributed by atoms with Crippen LogP contribution in [0.25, 0.3) is 17.0 Å². The molecule has 16 heteroatoms. The molecule has 1 unspecified atom stereocenters. The lowest BCUT2D eigenvalue weighted by Crippen LogP contribution is -2.32. The molecular weight excluding hydrogens is 707 g/mol. The third kappa shape index (κ3) is 8.96. The molecule has 1 aromatic heterocycles. The van der Waals surface area contributed by atoms with E-state index in [-0.39, 0.29) is 47.1 Å². The van der Waals surface area contributed by atoms with Gasteiger partial charge in [-0.3, -0.25) is 13.9 Å². The molecule has 0 radical (unpaired) electrons. The summed E-state index contributed by atoms with van der Waals surface area (Å²) >= 11 is 4.16. The van der Waals surface area contributed by atoms with Crippen LogP contribution in [-0.4, -0.2) is 84.9 Å². The lowest BCUT2D eigenvalue weighted by Gasteiger charge is -2.23. The number of amides is 1. The largest absolute Gasteiger partial charge is 0.506 e. The van der Waals surface area contributed by atoms with Gasteiger partial charge in [0.1, 0.15) is 23.4 Å². The highest BCUT2D eigenvalue weighted by Crippen LogP contribution is 2.45. The average Bonchev–Trinajstić information content (AvgIpc) is 3.27. The number of carbonyl (C=O) groups is 1. The van der Waals surface area contributed by atoms with E-state index in [0.717, 1.165) is 18.8 Å². The van der Waals surface area contributed by atoms with E-state index in [2.05, 4.69) is 22.8 Å². The number of rotatable bonds is 17. The molecule has 13 nitrogen and oxygen atoms in total. The number of anilines is 1. The normalized spacial score (nSPS) is 16.4. The van der Waals surface area contributed by atoms with Crippen molar-refractivity contribution >= 4 is 72.9 Å². The van der Waals surface area contributed by atoms with Gasteiger partial charge in [0.05, 0.1) is 21.4 Å². The first-order valence-electron chi connectivity index (χ1n) is 16.4. The third-order valence-corrected chi connectivity index (χ3v) is 10.9. The number of allylic oxidation sites excluding steroid dienone is 1. The lowest BCUT2D eigenvalue weighted by atomic mass is 9.75. The molecule has 0 bridgehead atoms. The maximum absolute atomic E-state index is 13.3. The highest BCUT2D eigenvalue weighted by atomic mass is 32.2. The van der Waals surface area contributed by atoms with Crippen molar-refractivity contribution in [2.75, 3.05) is 42.6 Å². The van der Waals surface area contributed by atoms with E-state index in [4.69, 9.17) is 4.42 Å². The summed E-state index contributed by atoms with van der Waals surface area (Å²) in [5, 5.41) is 14.4. The van der Waals surface area contributed by atoms with Gasteiger partial charge in [-0.05, 0) is 76.1 Å². The molecule has 3 aromatic rings. The van der Waals surface area contributed by atoms with Crippen molar-refractivity contribution in [2.45, 2.75) is 63.2 Å². The van der Waals surface area contributed by atoms with Crippen molar-refractivity contribution in [1.82, 2.24) is 5.32 Å².